The van der Waals surface area contributed by atoms with Gasteiger partial charge in [0.15, 0.2) is 5.01 Å². The summed E-state index contributed by atoms with van der Waals surface area (Å²) in [5, 5.41) is 6.55. The van der Waals surface area contributed by atoms with E-state index in [9.17, 15) is 0 Å². The first-order chi connectivity index (χ1) is 10.2. The number of furan rings is 1. The van der Waals surface area contributed by atoms with E-state index < -0.39 is 0 Å². The first-order valence-corrected chi connectivity index (χ1v) is 7.39. The fourth-order valence-corrected chi connectivity index (χ4v) is 3.35. The Bertz CT molecular complexity index is 907. The third-order valence-corrected chi connectivity index (χ3v) is 4.27. The van der Waals surface area contributed by atoms with Crippen molar-refractivity contribution in [2.45, 2.75) is 13.5 Å². The summed E-state index contributed by atoms with van der Waals surface area (Å²) in [5.74, 6) is 0.820. The smallest absolute Gasteiger partial charge is 0.212 e. The van der Waals surface area contributed by atoms with Crippen LogP contribution in [-0.4, -0.2) is 21.7 Å². The highest BCUT2D eigenvalue weighted by molar-refractivity contribution is 7.19. The summed E-state index contributed by atoms with van der Waals surface area (Å²) in [6.45, 7) is 2.54. The molecule has 3 aromatic heterocycles. The monoisotopic (exact) mass is 299 g/mol. The van der Waals surface area contributed by atoms with Crippen LogP contribution in [0, 0.1) is 6.92 Å². The van der Waals surface area contributed by atoms with Gasteiger partial charge in [0.05, 0.1) is 11.8 Å². The lowest BCUT2D eigenvalue weighted by atomic mass is 10.1. The van der Waals surface area contributed by atoms with Crippen LogP contribution in [0.15, 0.2) is 35.0 Å². The van der Waals surface area contributed by atoms with Crippen LogP contribution < -0.4 is 0 Å². The molecule has 21 heavy (non-hydrogen) atoms. The number of aryl methyl sites for hydroxylation is 1. The Hall–Kier alpha value is -2.18. The molecule has 0 aliphatic carbocycles. The third kappa shape index (κ3) is 2.03. The maximum absolute atomic E-state index is 5.93. The Kier molecular flexibility index (Phi) is 2.80. The number of ether oxygens (including phenoxy) is 1. The summed E-state index contributed by atoms with van der Waals surface area (Å²) in [6.07, 6.45) is 3.60. The molecule has 0 amide bonds. The third-order valence-electron chi connectivity index (χ3n) is 3.30. The number of rotatable bonds is 3. The summed E-state index contributed by atoms with van der Waals surface area (Å²) in [6, 6.07) is 6.23. The number of hydrogen-bond acceptors (Lipinski definition) is 5. The summed E-state index contributed by atoms with van der Waals surface area (Å²) >= 11 is 1.55. The predicted octanol–water partition coefficient (Wildman–Crippen LogP) is 3.66. The van der Waals surface area contributed by atoms with Crippen molar-refractivity contribution in [1.82, 2.24) is 14.6 Å². The normalized spacial score (nSPS) is 11.7. The fourth-order valence-electron chi connectivity index (χ4n) is 2.47. The van der Waals surface area contributed by atoms with Gasteiger partial charge in [-0.25, -0.2) is 9.50 Å². The zero-order chi connectivity index (χ0) is 14.4. The molecule has 0 saturated carbocycles. The van der Waals surface area contributed by atoms with E-state index in [2.05, 4.69) is 29.1 Å². The minimum atomic E-state index is 0.467. The molecule has 0 bridgehead atoms. The van der Waals surface area contributed by atoms with Gasteiger partial charge in [-0.2, -0.15) is 5.10 Å². The molecule has 0 fully saturated rings. The van der Waals surface area contributed by atoms with E-state index in [1.807, 2.05) is 12.3 Å². The Labute approximate surface area is 124 Å². The zero-order valence-corrected chi connectivity index (χ0v) is 12.5. The van der Waals surface area contributed by atoms with Crippen LogP contribution in [0.4, 0.5) is 0 Å². The number of benzene rings is 1. The van der Waals surface area contributed by atoms with Crippen LogP contribution in [0.5, 0.6) is 0 Å². The van der Waals surface area contributed by atoms with Crippen LogP contribution in [0.1, 0.15) is 11.3 Å². The van der Waals surface area contributed by atoms with E-state index in [0.29, 0.717) is 6.61 Å². The minimum absolute atomic E-state index is 0.467. The molecule has 0 aliphatic rings. The van der Waals surface area contributed by atoms with Gasteiger partial charge in [-0.3, -0.25) is 0 Å². The van der Waals surface area contributed by atoms with E-state index in [1.54, 1.807) is 29.2 Å². The van der Waals surface area contributed by atoms with Gasteiger partial charge in [0.25, 0.3) is 0 Å². The molecular formula is C15H13N3O2S. The summed E-state index contributed by atoms with van der Waals surface area (Å²) in [5.41, 5.74) is 3.03. The molecule has 6 heteroatoms. The molecule has 5 nitrogen and oxygen atoms in total. The van der Waals surface area contributed by atoms with Gasteiger partial charge >= 0.3 is 0 Å². The van der Waals surface area contributed by atoms with Gasteiger partial charge < -0.3 is 9.15 Å². The van der Waals surface area contributed by atoms with E-state index >= 15 is 0 Å². The second kappa shape index (κ2) is 4.68. The van der Waals surface area contributed by atoms with Gasteiger partial charge in [0, 0.05) is 18.7 Å². The highest BCUT2D eigenvalue weighted by Crippen LogP contribution is 2.34. The van der Waals surface area contributed by atoms with E-state index in [4.69, 9.17) is 9.15 Å². The van der Waals surface area contributed by atoms with Crippen molar-refractivity contribution in [2.75, 3.05) is 7.11 Å². The molecule has 0 saturated heterocycles. The van der Waals surface area contributed by atoms with Crippen LogP contribution in [0.25, 0.3) is 26.5 Å². The average Bonchev–Trinajstić information content (AvgIpc) is 3.10. The summed E-state index contributed by atoms with van der Waals surface area (Å²) in [7, 11) is 1.66. The van der Waals surface area contributed by atoms with E-state index in [-0.39, 0.29) is 0 Å². The Morgan fingerprint density at radius 1 is 1.33 bits per heavy atom. The highest BCUT2D eigenvalue weighted by Gasteiger charge is 2.15. The van der Waals surface area contributed by atoms with Crippen LogP contribution in [-0.2, 0) is 11.3 Å². The maximum Gasteiger partial charge on any atom is 0.212 e. The quantitative estimate of drug-likeness (QED) is 0.579. The SMILES string of the molecule is COCc1cc2cc(C)cc(-c3nn4ccnc4s3)c2o1. The number of nitrogens with zero attached hydrogens (tertiary/aromatic N) is 3. The lowest BCUT2D eigenvalue weighted by Crippen LogP contribution is -1.84. The number of hydrogen-bond donors (Lipinski definition) is 0. The van der Waals surface area contributed by atoms with Gasteiger partial charge in [-0.1, -0.05) is 11.3 Å². The van der Waals surface area contributed by atoms with Crippen molar-refractivity contribution >= 4 is 27.3 Å². The maximum atomic E-state index is 5.93. The second-order valence-corrected chi connectivity index (χ2v) is 5.89. The molecule has 1 aromatic carbocycles. The topological polar surface area (TPSA) is 52.6 Å². The largest absolute Gasteiger partial charge is 0.458 e. The molecule has 0 radical (unpaired) electrons. The molecule has 0 spiro atoms. The second-order valence-electron chi connectivity index (χ2n) is 4.94. The zero-order valence-electron chi connectivity index (χ0n) is 11.7. The number of imidazole rings is 1. The van der Waals surface area contributed by atoms with Crippen molar-refractivity contribution in [3.63, 3.8) is 0 Å². The fraction of sp³-hybridized carbons (Fsp3) is 0.200. The molecule has 0 aliphatic heterocycles. The minimum Gasteiger partial charge on any atom is -0.458 e. The Morgan fingerprint density at radius 2 is 2.24 bits per heavy atom. The molecule has 4 rings (SSSR count). The molecule has 0 N–H and O–H groups in total. The van der Waals surface area contributed by atoms with Crippen molar-refractivity contribution in [3.05, 3.63) is 41.9 Å². The predicted molar refractivity (Wildman–Crippen MR) is 81.5 cm³/mol. The lowest BCUT2D eigenvalue weighted by Gasteiger charge is -2.00. The van der Waals surface area contributed by atoms with Crippen molar-refractivity contribution in [2.24, 2.45) is 0 Å². The molecule has 0 unspecified atom stereocenters. The van der Waals surface area contributed by atoms with Crippen LogP contribution in [0.2, 0.25) is 0 Å². The van der Waals surface area contributed by atoms with E-state index in [1.165, 1.54) is 5.56 Å². The summed E-state index contributed by atoms with van der Waals surface area (Å²) in [4.78, 5) is 5.15. The lowest BCUT2D eigenvalue weighted by molar-refractivity contribution is 0.166. The molecule has 0 atom stereocenters. The number of fused-ring (bicyclic) bond motifs is 2. The Morgan fingerprint density at radius 3 is 3.05 bits per heavy atom. The van der Waals surface area contributed by atoms with Crippen molar-refractivity contribution < 1.29 is 9.15 Å². The number of aromatic nitrogens is 3. The van der Waals surface area contributed by atoms with Crippen LogP contribution in [0.3, 0.4) is 0 Å². The molecule has 4 aromatic rings. The van der Waals surface area contributed by atoms with Gasteiger partial charge in [-0.05, 0) is 30.7 Å². The van der Waals surface area contributed by atoms with Crippen LogP contribution >= 0.6 is 11.3 Å². The van der Waals surface area contributed by atoms with Gasteiger partial charge in [0.1, 0.15) is 18.0 Å². The Balaban J connectivity index is 1.95. The standard InChI is InChI=1S/C15H13N3O2S/c1-9-5-10-7-11(8-19-2)20-13(10)12(6-9)14-17-18-4-3-16-15(18)21-14/h3-7H,8H2,1-2H3. The van der Waals surface area contributed by atoms with Crippen molar-refractivity contribution in [3.8, 4) is 10.6 Å². The van der Waals surface area contributed by atoms with Gasteiger partial charge in [0.2, 0.25) is 4.96 Å². The molecule has 3 heterocycles. The first kappa shape index (κ1) is 12.6. The van der Waals surface area contributed by atoms with Gasteiger partial charge in [-0.15, -0.1) is 0 Å². The van der Waals surface area contributed by atoms with Crippen molar-refractivity contribution in [1.29, 1.82) is 0 Å². The first-order valence-electron chi connectivity index (χ1n) is 6.57. The highest BCUT2D eigenvalue weighted by atomic mass is 32.1. The van der Waals surface area contributed by atoms with E-state index in [0.717, 1.165) is 32.3 Å². The molecular weight excluding hydrogens is 286 g/mol. The average molecular weight is 299 g/mol. The number of methoxy groups -OCH3 is 1. The molecule has 106 valence electrons. The summed E-state index contributed by atoms with van der Waals surface area (Å²) < 4.78 is 12.9.